The van der Waals surface area contributed by atoms with Gasteiger partial charge in [0.15, 0.2) is 0 Å². The maximum atomic E-state index is 13.4. The lowest BCUT2D eigenvalue weighted by Crippen LogP contribution is -2.34. The number of rotatable bonds is 7. The molecule has 4 aromatic rings. The number of sulfonamides is 1. The van der Waals surface area contributed by atoms with Crippen molar-refractivity contribution in [3.8, 4) is 16.9 Å². The standard InChI is InChI=1S/C28H23F3N2O4S2/c1-37-24-5-2-4-23(17-7-10-20(11-8-17)28(29,30)31)26(24)27(34)32-21-12-9-18-14-22(16-19(18)15-21)33-39(35,36)25-6-3-13-38-25/h2-13,15,22,33H,14,16H2,1H3,(H,32,34). The van der Waals surface area contributed by atoms with Crippen LogP contribution in [0, 0.1) is 0 Å². The van der Waals surface area contributed by atoms with Gasteiger partial charge >= 0.3 is 6.18 Å². The number of amides is 1. The van der Waals surface area contributed by atoms with Crippen LogP contribution in [0.15, 0.2) is 82.4 Å². The molecule has 0 saturated carbocycles. The summed E-state index contributed by atoms with van der Waals surface area (Å²) >= 11 is 1.15. The number of ether oxygens (including phenoxy) is 1. The van der Waals surface area contributed by atoms with E-state index in [1.165, 1.54) is 19.2 Å². The number of fused-ring (bicyclic) bond motifs is 1. The minimum absolute atomic E-state index is 0.182. The van der Waals surface area contributed by atoms with E-state index < -0.39 is 27.7 Å². The predicted molar refractivity (Wildman–Crippen MR) is 144 cm³/mol. The molecule has 1 amide bonds. The normalized spacial score (nSPS) is 15.1. The van der Waals surface area contributed by atoms with E-state index in [0.29, 0.717) is 29.7 Å². The van der Waals surface area contributed by atoms with Crippen molar-refractivity contribution in [2.24, 2.45) is 0 Å². The van der Waals surface area contributed by atoms with E-state index in [1.807, 2.05) is 6.07 Å². The fourth-order valence-corrected chi connectivity index (χ4v) is 6.93. The fraction of sp³-hybridized carbons (Fsp3) is 0.179. The third-order valence-corrected chi connectivity index (χ3v) is 9.39. The number of thiophene rings is 1. The van der Waals surface area contributed by atoms with Gasteiger partial charge < -0.3 is 10.1 Å². The molecule has 0 fully saturated rings. The van der Waals surface area contributed by atoms with Crippen LogP contribution in [0.3, 0.4) is 0 Å². The molecule has 1 atom stereocenters. The van der Waals surface area contributed by atoms with E-state index in [-0.39, 0.29) is 21.6 Å². The number of carbonyl (C=O) groups excluding carboxylic acids is 1. The molecule has 0 spiro atoms. The molecule has 6 nitrogen and oxygen atoms in total. The van der Waals surface area contributed by atoms with Crippen molar-refractivity contribution < 1.29 is 31.1 Å². The Morgan fingerprint density at radius 3 is 2.38 bits per heavy atom. The monoisotopic (exact) mass is 572 g/mol. The summed E-state index contributed by atoms with van der Waals surface area (Å²) in [6.45, 7) is 0. The van der Waals surface area contributed by atoms with Gasteiger partial charge in [-0.25, -0.2) is 13.1 Å². The molecule has 0 aliphatic heterocycles. The molecule has 1 aliphatic rings. The quantitative estimate of drug-likeness (QED) is 0.279. The topological polar surface area (TPSA) is 84.5 Å². The van der Waals surface area contributed by atoms with Crippen LogP contribution in [-0.2, 0) is 29.0 Å². The second-order valence-corrected chi connectivity index (χ2v) is 11.9. The van der Waals surface area contributed by atoms with Gasteiger partial charge in [-0.2, -0.15) is 13.2 Å². The zero-order valence-electron chi connectivity index (χ0n) is 20.6. The number of methoxy groups -OCH3 is 1. The number of halogens is 3. The van der Waals surface area contributed by atoms with E-state index in [4.69, 9.17) is 4.74 Å². The number of hydrogen-bond acceptors (Lipinski definition) is 5. The molecule has 202 valence electrons. The number of alkyl halides is 3. The molecule has 1 aliphatic carbocycles. The van der Waals surface area contributed by atoms with E-state index in [0.717, 1.165) is 34.6 Å². The summed E-state index contributed by atoms with van der Waals surface area (Å²) < 4.78 is 72.8. The van der Waals surface area contributed by atoms with Gasteiger partial charge in [-0.05, 0) is 76.9 Å². The Balaban J connectivity index is 1.36. The number of anilines is 1. The third kappa shape index (κ3) is 5.70. The first-order chi connectivity index (χ1) is 18.5. The fourth-order valence-electron chi connectivity index (χ4n) is 4.68. The van der Waals surface area contributed by atoms with Crippen LogP contribution >= 0.6 is 11.3 Å². The highest BCUT2D eigenvalue weighted by Gasteiger charge is 2.31. The molecule has 39 heavy (non-hydrogen) atoms. The van der Waals surface area contributed by atoms with Crippen molar-refractivity contribution in [1.29, 1.82) is 0 Å². The highest BCUT2D eigenvalue weighted by Crippen LogP contribution is 2.35. The molecule has 0 saturated heterocycles. The average Bonchev–Trinajstić information content (AvgIpc) is 3.58. The van der Waals surface area contributed by atoms with Crippen molar-refractivity contribution in [3.63, 3.8) is 0 Å². The Labute approximate surface area is 227 Å². The van der Waals surface area contributed by atoms with Crippen LogP contribution in [0.1, 0.15) is 27.0 Å². The van der Waals surface area contributed by atoms with E-state index in [2.05, 4.69) is 10.0 Å². The van der Waals surface area contributed by atoms with Gasteiger partial charge in [0.05, 0.1) is 18.2 Å². The number of nitrogens with one attached hydrogen (secondary N) is 2. The Kier molecular flexibility index (Phi) is 7.23. The summed E-state index contributed by atoms with van der Waals surface area (Å²) in [5.41, 5.74) is 2.65. The van der Waals surface area contributed by atoms with Crippen molar-refractivity contribution in [2.75, 3.05) is 12.4 Å². The van der Waals surface area contributed by atoms with Crippen molar-refractivity contribution in [2.45, 2.75) is 29.3 Å². The molecule has 11 heteroatoms. The van der Waals surface area contributed by atoms with E-state index in [1.54, 1.807) is 47.8 Å². The minimum atomic E-state index is -4.47. The van der Waals surface area contributed by atoms with Gasteiger partial charge in [-0.15, -0.1) is 11.3 Å². The Morgan fingerprint density at radius 2 is 1.72 bits per heavy atom. The van der Waals surface area contributed by atoms with Gasteiger partial charge in [0.25, 0.3) is 5.91 Å². The SMILES string of the molecule is COc1cccc(-c2ccc(C(F)(F)F)cc2)c1C(=O)Nc1ccc2c(c1)CC(NS(=O)(=O)c1cccs1)C2. The summed E-state index contributed by atoms with van der Waals surface area (Å²) in [5.74, 6) is -0.218. The Bertz CT molecular complexity index is 1620. The minimum Gasteiger partial charge on any atom is -0.496 e. The summed E-state index contributed by atoms with van der Waals surface area (Å²) in [4.78, 5) is 13.4. The first-order valence-corrected chi connectivity index (χ1v) is 14.2. The van der Waals surface area contributed by atoms with Crippen LogP contribution < -0.4 is 14.8 Å². The van der Waals surface area contributed by atoms with Gasteiger partial charge in [-0.3, -0.25) is 4.79 Å². The molecule has 3 aromatic carbocycles. The average molecular weight is 573 g/mol. The van der Waals surface area contributed by atoms with Gasteiger partial charge in [-0.1, -0.05) is 36.4 Å². The largest absolute Gasteiger partial charge is 0.496 e. The molecule has 1 aromatic heterocycles. The van der Waals surface area contributed by atoms with Gasteiger partial charge in [0, 0.05) is 11.7 Å². The second kappa shape index (κ2) is 10.5. The zero-order valence-corrected chi connectivity index (χ0v) is 22.2. The van der Waals surface area contributed by atoms with Gasteiger partial charge in [0.1, 0.15) is 9.96 Å². The van der Waals surface area contributed by atoms with Crippen LogP contribution in [0.4, 0.5) is 18.9 Å². The molecule has 1 unspecified atom stereocenters. The van der Waals surface area contributed by atoms with Gasteiger partial charge in [0.2, 0.25) is 10.0 Å². The lowest BCUT2D eigenvalue weighted by molar-refractivity contribution is -0.137. The summed E-state index contributed by atoms with van der Waals surface area (Å²) in [7, 11) is -2.20. The molecular weight excluding hydrogens is 549 g/mol. The molecule has 0 bridgehead atoms. The third-order valence-electron chi connectivity index (χ3n) is 6.47. The molecule has 0 radical (unpaired) electrons. The highest BCUT2D eigenvalue weighted by molar-refractivity contribution is 7.91. The van der Waals surface area contributed by atoms with Crippen LogP contribution in [0.5, 0.6) is 5.75 Å². The van der Waals surface area contributed by atoms with E-state index in [9.17, 15) is 26.4 Å². The van der Waals surface area contributed by atoms with Crippen molar-refractivity contribution in [3.05, 3.63) is 100 Å². The van der Waals surface area contributed by atoms with Crippen LogP contribution in [0.2, 0.25) is 0 Å². The van der Waals surface area contributed by atoms with Crippen LogP contribution in [0.25, 0.3) is 11.1 Å². The summed E-state index contributed by atoms with van der Waals surface area (Å²) in [6, 6.07) is 17.8. The van der Waals surface area contributed by atoms with Crippen LogP contribution in [-0.4, -0.2) is 27.5 Å². The Morgan fingerprint density at radius 1 is 0.974 bits per heavy atom. The maximum absolute atomic E-state index is 13.4. The maximum Gasteiger partial charge on any atom is 0.416 e. The first kappa shape index (κ1) is 26.9. The van der Waals surface area contributed by atoms with E-state index >= 15 is 0 Å². The zero-order chi connectivity index (χ0) is 27.8. The number of hydrogen-bond donors (Lipinski definition) is 2. The molecule has 2 N–H and O–H groups in total. The lowest BCUT2D eigenvalue weighted by atomic mass is 9.97. The number of carbonyl (C=O) groups is 1. The smallest absolute Gasteiger partial charge is 0.416 e. The molecular formula is C28H23F3N2O4S2. The Hall–Kier alpha value is -3.67. The predicted octanol–water partition coefficient (Wildman–Crippen LogP) is 6.14. The second-order valence-electron chi connectivity index (χ2n) is 9.05. The summed E-state index contributed by atoms with van der Waals surface area (Å²) in [5, 5.41) is 4.56. The molecule has 5 rings (SSSR count). The first-order valence-electron chi connectivity index (χ1n) is 11.9. The van der Waals surface area contributed by atoms with Crippen molar-refractivity contribution in [1.82, 2.24) is 4.72 Å². The highest BCUT2D eigenvalue weighted by atomic mass is 32.2. The number of benzene rings is 3. The summed E-state index contributed by atoms with van der Waals surface area (Å²) in [6.07, 6.45) is -3.47. The lowest BCUT2D eigenvalue weighted by Gasteiger charge is -2.15. The molecule has 1 heterocycles. The van der Waals surface area contributed by atoms with Crippen molar-refractivity contribution >= 4 is 33.0 Å².